The van der Waals surface area contributed by atoms with Crippen LogP contribution in [-0.4, -0.2) is 57.9 Å². The predicted octanol–water partition coefficient (Wildman–Crippen LogP) is 6.11. The molecule has 0 aromatic rings. The Kier molecular flexibility index (Phi) is 16.8. The van der Waals surface area contributed by atoms with Crippen molar-refractivity contribution in [3.63, 3.8) is 0 Å². The van der Waals surface area contributed by atoms with Crippen LogP contribution in [-0.2, 0) is 23.3 Å². The van der Waals surface area contributed by atoms with Crippen molar-refractivity contribution in [3.05, 3.63) is 11.8 Å². The molecule has 1 heterocycles. The summed E-state index contributed by atoms with van der Waals surface area (Å²) in [5, 5.41) is 0. The molecule has 0 amide bonds. The van der Waals surface area contributed by atoms with Crippen LogP contribution < -0.4 is 0 Å². The molecule has 1 N–H and O–H groups in total. The van der Waals surface area contributed by atoms with Gasteiger partial charge in [0.15, 0.2) is 0 Å². The number of rotatable bonds is 20. The zero-order valence-corrected chi connectivity index (χ0v) is 21.5. The van der Waals surface area contributed by atoms with E-state index in [0.29, 0.717) is 6.61 Å². The Bertz CT molecular complexity index is 539. The molecule has 2 radical (unpaired) electrons. The zero-order valence-electron chi connectivity index (χ0n) is 20.6. The molecular weight excluding hydrogens is 426 g/mol. The number of hydrogen-bond acceptors (Lipinski definition) is 5. The standard InChI is InChI=1S/C24H46BO6P/c1-4-5-6-7-8-9-10-11-12-13-14-15-16-17-18-29-23-22(31-32(3,26)27)19-21(20-28-2)30-24(23)25/h19,21,23-24H,4-18,20H2,1-3H3,(H,26,27). The first-order valence-electron chi connectivity index (χ1n) is 12.6. The Hall–Kier alpha value is -0.325. The second-order valence-corrected chi connectivity index (χ2v) is 10.7. The maximum atomic E-state index is 11.7. The second kappa shape index (κ2) is 18.1. The van der Waals surface area contributed by atoms with Crippen LogP contribution in [0, 0.1) is 0 Å². The number of methoxy groups -OCH3 is 1. The Morgan fingerprint density at radius 3 is 1.94 bits per heavy atom. The van der Waals surface area contributed by atoms with Gasteiger partial charge in [0.05, 0.1) is 12.6 Å². The van der Waals surface area contributed by atoms with E-state index in [4.69, 9.17) is 26.6 Å². The van der Waals surface area contributed by atoms with Crippen LogP contribution in [0.5, 0.6) is 0 Å². The van der Waals surface area contributed by atoms with E-state index in [1.54, 1.807) is 13.2 Å². The largest absolute Gasteiger partial charge is 0.427 e. The lowest BCUT2D eigenvalue weighted by Gasteiger charge is -2.34. The number of hydrogen-bond donors (Lipinski definition) is 1. The molecule has 6 nitrogen and oxygen atoms in total. The summed E-state index contributed by atoms with van der Waals surface area (Å²) in [5.74, 6) is 0.254. The Morgan fingerprint density at radius 2 is 1.47 bits per heavy atom. The smallest absolute Gasteiger partial charge is 0.373 e. The fourth-order valence-electron chi connectivity index (χ4n) is 3.97. The summed E-state index contributed by atoms with van der Waals surface area (Å²) in [7, 11) is 3.91. The third-order valence-corrected chi connectivity index (χ3v) is 6.21. The molecule has 0 saturated heterocycles. The fraction of sp³-hybridized carbons (Fsp3) is 0.917. The number of unbranched alkanes of at least 4 members (excludes halogenated alkanes) is 13. The van der Waals surface area contributed by atoms with Gasteiger partial charge in [-0.1, -0.05) is 90.4 Å². The van der Waals surface area contributed by atoms with Crippen molar-refractivity contribution < 1.29 is 28.2 Å². The normalized spacial score (nSPS) is 23.0. The number of ether oxygens (including phenoxy) is 3. The van der Waals surface area contributed by atoms with Crippen LogP contribution in [0.1, 0.15) is 96.8 Å². The molecule has 186 valence electrons. The Balaban J connectivity index is 2.13. The van der Waals surface area contributed by atoms with E-state index >= 15 is 0 Å². The molecule has 0 fully saturated rings. The van der Waals surface area contributed by atoms with Crippen molar-refractivity contribution in [2.45, 2.75) is 115 Å². The van der Waals surface area contributed by atoms with Crippen molar-refractivity contribution in [1.82, 2.24) is 0 Å². The van der Waals surface area contributed by atoms with Crippen molar-refractivity contribution >= 4 is 15.4 Å². The molecule has 1 rings (SSSR count). The van der Waals surface area contributed by atoms with Gasteiger partial charge in [-0.3, -0.25) is 0 Å². The third-order valence-electron chi connectivity index (χ3n) is 5.66. The van der Waals surface area contributed by atoms with E-state index in [1.807, 2.05) is 0 Å². The maximum Gasteiger partial charge on any atom is 0.373 e. The molecule has 0 bridgehead atoms. The molecule has 0 spiro atoms. The zero-order chi connectivity index (χ0) is 23.7. The highest BCUT2D eigenvalue weighted by Crippen LogP contribution is 2.42. The van der Waals surface area contributed by atoms with Gasteiger partial charge < -0.3 is 23.6 Å². The Labute approximate surface area is 197 Å². The average Bonchev–Trinajstić information content (AvgIpc) is 2.71. The molecule has 4 atom stereocenters. The van der Waals surface area contributed by atoms with E-state index in [2.05, 4.69) is 6.92 Å². The molecule has 1 aliphatic rings. The van der Waals surface area contributed by atoms with Crippen molar-refractivity contribution in [3.8, 4) is 0 Å². The summed E-state index contributed by atoms with van der Waals surface area (Å²) in [5.41, 5.74) is 0. The minimum Gasteiger partial charge on any atom is -0.427 e. The molecule has 0 saturated carbocycles. The monoisotopic (exact) mass is 472 g/mol. The fourth-order valence-corrected chi connectivity index (χ4v) is 4.52. The predicted molar refractivity (Wildman–Crippen MR) is 131 cm³/mol. The van der Waals surface area contributed by atoms with Crippen molar-refractivity contribution in [2.24, 2.45) is 0 Å². The van der Waals surface area contributed by atoms with Crippen LogP contribution in [0.25, 0.3) is 0 Å². The third kappa shape index (κ3) is 14.7. The van der Waals surface area contributed by atoms with Crippen molar-refractivity contribution in [2.75, 3.05) is 27.0 Å². The quantitative estimate of drug-likeness (QED) is 0.131. The minimum absolute atomic E-state index is 0.254. The van der Waals surface area contributed by atoms with Gasteiger partial charge in [0, 0.05) is 20.4 Å². The van der Waals surface area contributed by atoms with Crippen LogP contribution in [0.4, 0.5) is 0 Å². The van der Waals surface area contributed by atoms with Gasteiger partial charge >= 0.3 is 7.60 Å². The van der Waals surface area contributed by atoms with Crippen LogP contribution in [0.2, 0.25) is 0 Å². The molecule has 32 heavy (non-hydrogen) atoms. The minimum atomic E-state index is -3.72. The van der Waals surface area contributed by atoms with Gasteiger partial charge in [-0.15, -0.1) is 0 Å². The first kappa shape index (κ1) is 29.7. The molecule has 0 aliphatic carbocycles. The van der Waals surface area contributed by atoms with Gasteiger partial charge in [-0.25, -0.2) is 4.57 Å². The summed E-state index contributed by atoms with van der Waals surface area (Å²) in [6.45, 7) is 4.20. The Morgan fingerprint density at radius 1 is 0.969 bits per heavy atom. The topological polar surface area (TPSA) is 74.2 Å². The lowest BCUT2D eigenvalue weighted by Crippen LogP contribution is -2.42. The summed E-state index contributed by atoms with van der Waals surface area (Å²) >= 11 is 0. The van der Waals surface area contributed by atoms with Gasteiger partial charge in [-0.05, 0) is 12.5 Å². The first-order valence-corrected chi connectivity index (χ1v) is 14.6. The maximum absolute atomic E-state index is 11.7. The SMILES string of the molecule is [B]C1OC(COC)C=C(OP(C)(=O)O)C1OCCCCCCCCCCCCCCCC. The highest BCUT2D eigenvalue weighted by molar-refractivity contribution is 7.52. The lowest BCUT2D eigenvalue weighted by atomic mass is 9.90. The molecule has 4 unspecified atom stereocenters. The van der Waals surface area contributed by atoms with E-state index in [9.17, 15) is 9.46 Å². The van der Waals surface area contributed by atoms with Crippen LogP contribution >= 0.6 is 7.60 Å². The van der Waals surface area contributed by atoms with E-state index < -0.39 is 25.8 Å². The lowest BCUT2D eigenvalue weighted by molar-refractivity contribution is -0.0819. The van der Waals surface area contributed by atoms with E-state index in [0.717, 1.165) is 19.5 Å². The summed E-state index contributed by atoms with van der Waals surface area (Å²) in [6, 6.07) is -0.770. The van der Waals surface area contributed by atoms with E-state index in [1.165, 1.54) is 77.0 Å². The highest BCUT2D eigenvalue weighted by atomic mass is 31.2. The van der Waals surface area contributed by atoms with Crippen molar-refractivity contribution in [1.29, 1.82) is 0 Å². The van der Waals surface area contributed by atoms with Crippen LogP contribution in [0.15, 0.2) is 11.8 Å². The summed E-state index contributed by atoms with van der Waals surface area (Å²) in [6.07, 6.45) is 18.7. The molecule has 1 aliphatic heterocycles. The van der Waals surface area contributed by atoms with Gasteiger partial charge in [0.1, 0.15) is 25.8 Å². The summed E-state index contributed by atoms with van der Waals surface area (Å²) < 4.78 is 33.6. The molecule has 0 aromatic heterocycles. The molecule has 0 aromatic carbocycles. The summed E-state index contributed by atoms with van der Waals surface area (Å²) in [4.78, 5) is 9.62. The average molecular weight is 472 g/mol. The second-order valence-electron chi connectivity index (χ2n) is 8.95. The van der Waals surface area contributed by atoms with Crippen LogP contribution in [0.3, 0.4) is 0 Å². The van der Waals surface area contributed by atoms with Gasteiger partial charge in [0.2, 0.25) is 0 Å². The van der Waals surface area contributed by atoms with Gasteiger partial charge in [-0.2, -0.15) is 0 Å². The first-order chi connectivity index (χ1) is 15.4. The van der Waals surface area contributed by atoms with Gasteiger partial charge in [0.25, 0.3) is 0 Å². The molecular formula is C24H46BO6P. The highest BCUT2D eigenvalue weighted by Gasteiger charge is 2.34. The van der Waals surface area contributed by atoms with E-state index in [-0.39, 0.29) is 12.4 Å². The molecule has 8 heteroatoms.